The zero-order valence-electron chi connectivity index (χ0n) is 13.7. The number of rotatable bonds is 10. The van der Waals surface area contributed by atoms with E-state index in [1.807, 2.05) is 6.07 Å². The molecule has 0 aromatic heterocycles. The molecule has 4 N–H and O–H groups in total. The highest BCUT2D eigenvalue weighted by atomic mass is 16.5. The molecule has 8 heteroatoms. The zero-order valence-corrected chi connectivity index (χ0v) is 13.7. The molecule has 8 nitrogen and oxygen atoms in total. The number of aliphatic carboxylic acids is 1. The van der Waals surface area contributed by atoms with Crippen molar-refractivity contribution < 1.29 is 29.3 Å². The summed E-state index contributed by atoms with van der Waals surface area (Å²) in [7, 11) is 0. The summed E-state index contributed by atoms with van der Waals surface area (Å²) in [6, 6.07) is 6.48. The Labute approximate surface area is 145 Å². The Morgan fingerprint density at radius 3 is 2.40 bits per heavy atom. The fraction of sp³-hybridized carbons (Fsp3) is 0.353. The number of alkyl carbamates (subject to hydrolysis) is 1. The number of carboxylic acids is 1. The molecule has 0 radical (unpaired) electrons. The van der Waals surface area contributed by atoms with Crippen molar-refractivity contribution in [3.05, 3.63) is 48.6 Å². The van der Waals surface area contributed by atoms with Crippen LogP contribution < -0.4 is 10.6 Å². The van der Waals surface area contributed by atoms with Crippen LogP contribution in [-0.2, 0) is 20.9 Å². The van der Waals surface area contributed by atoms with Gasteiger partial charge in [-0.15, -0.1) is 6.58 Å². The van der Waals surface area contributed by atoms with Crippen molar-refractivity contribution >= 4 is 18.0 Å². The van der Waals surface area contributed by atoms with Gasteiger partial charge in [-0.1, -0.05) is 36.4 Å². The summed E-state index contributed by atoms with van der Waals surface area (Å²) in [6.45, 7) is 2.80. The number of carboxylic acid groups (broad SMARTS) is 1. The van der Waals surface area contributed by atoms with Crippen LogP contribution in [-0.4, -0.2) is 46.9 Å². The summed E-state index contributed by atoms with van der Waals surface area (Å²) in [5.74, 6) is -2.02. The highest BCUT2D eigenvalue weighted by Crippen LogP contribution is 2.02. The minimum absolute atomic E-state index is 0.00350. The van der Waals surface area contributed by atoms with Crippen molar-refractivity contribution in [1.82, 2.24) is 10.6 Å². The highest BCUT2D eigenvalue weighted by Gasteiger charge is 2.26. The standard InChI is InChI=1S/C17H22N2O6/c1-2-3-9-13(16(22)23)18-15(21)14(10-20)19-17(24)25-11-12-7-5-4-6-8-12/h2,4-8,13-14,20H,1,3,9-11H2,(H,18,21)(H,19,24)(H,22,23)/t13-,14+/m1/s1. The molecule has 0 aliphatic heterocycles. The van der Waals surface area contributed by atoms with E-state index in [1.165, 1.54) is 6.08 Å². The van der Waals surface area contributed by atoms with E-state index in [0.29, 0.717) is 6.42 Å². The molecule has 25 heavy (non-hydrogen) atoms. The molecular formula is C17H22N2O6. The van der Waals surface area contributed by atoms with Gasteiger partial charge in [-0.3, -0.25) is 4.79 Å². The number of allylic oxidation sites excluding steroid dienone is 1. The minimum Gasteiger partial charge on any atom is -0.480 e. The number of carbonyl (C=O) groups is 3. The second-order valence-corrected chi connectivity index (χ2v) is 5.21. The maximum absolute atomic E-state index is 12.0. The first-order valence-electron chi connectivity index (χ1n) is 7.70. The van der Waals surface area contributed by atoms with Crippen molar-refractivity contribution in [2.75, 3.05) is 6.61 Å². The van der Waals surface area contributed by atoms with E-state index >= 15 is 0 Å². The number of nitrogens with one attached hydrogen (secondary N) is 2. The average Bonchev–Trinajstić information content (AvgIpc) is 2.61. The molecule has 0 fully saturated rings. The van der Waals surface area contributed by atoms with Gasteiger partial charge in [0.1, 0.15) is 18.7 Å². The van der Waals surface area contributed by atoms with Gasteiger partial charge in [0.15, 0.2) is 0 Å². The van der Waals surface area contributed by atoms with Crippen LogP contribution in [0.3, 0.4) is 0 Å². The van der Waals surface area contributed by atoms with E-state index in [2.05, 4.69) is 17.2 Å². The van der Waals surface area contributed by atoms with Crippen molar-refractivity contribution in [2.45, 2.75) is 31.5 Å². The SMILES string of the molecule is C=CCC[C@@H](NC(=O)[C@H](CO)NC(=O)OCc1ccccc1)C(=O)O. The third-order valence-corrected chi connectivity index (χ3v) is 3.28. The number of aliphatic hydroxyl groups is 1. The number of benzene rings is 1. The third kappa shape index (κ3) is 7.49. The van der Waals surface area contributed by atoms with Gasteiger partial charge in [-0.25, -0.2) is 9.59 Å². The quantitative estimate of drug-likeness (QED) is 0.463. The van der Waals surface area contributed by atoms with E-state index in [0.717, 1.165) is 5.56 Å². The third-order valence-electron chi connectivity index (χ3n) is 3.28. The van der Waals surface area contributed by atoms with Gasteiger partial charge < -0.3 is 25.6 Å². The van der Waals surface area contributed by atoms with Crippen molar-refractivity contribution in [3.63, 3.8) is 0 Å². The maximum Gasteiger partial charge on any atom is 0.408 e. The first-order valence-corrected chi connectivity index (χ1v) is 7.70. The van der Waals surface area contributed by atoms with Crippen LogP contribution >= 0.6 is 0 Å². The molecule has 0 spiro atoms. The van der Waals surface area contributed by atoms with Gasteiger partial charge in [-0.2, -0.15) is 0 Å². The molecule has 0 saturated carbocycles. The summed E-state index contributed by atoms with van der Waals surface area (Å²) in [4.78, 5) is 34.9. The average molecular weight is 350 g/mol. The first-order chi connectivity index (χ1) is 12.0. The zero-order chi connectivity index (χ0) is 18.7. The Balaban J connectivity index is 2.52. The molecular weight excluding hydrogens is 328 g/mol. The first kappa shape index (κ1) is 20.2. The number of hydrogen-bond acceptors (Lipinski definition) is 5. The lowest BCUT2D eigenvalue weighted by Crippen LogP contribution is -2.53. The number of amides is 2. The van der Waals surface area contributed by atoms with E-state index in [9.17, 15) is 19.5 Å². The lowest BCUT2D eigenvalue weighted by atomic mass is 10.1. The van der Waals surface area contributed by atoms with Crippen LogP contribution in [0.2, 0.25) is 0 Å². The predicted molar refractivity (Wildman–Crippen MR) is 89.6 cm³/mol. The molecule has 0 aliphatic rings. The van der Waals surface area contributed by atoms with Gasteiger partial charge in [0.05, 0.1) is 6.61 Å². The van der Waals surface area contributed by atoms with E-state index in [-0.39, 0.29) is 13.0 Å². The summed E-state index contributed by atoms with van der Waals surface area (Å²) in [5, 5.41) is 22.8. The number of carbonyl (C=O) groups excluding carboxylic acids is 2. The predicted octanol–water partition coefficient (Wildman–Crippen LogP) is 0.809. The molecule has 0 bridgehead atoms. The Bertz CT molecular complexity index is 590. The highest BCUT2D eigenvalue weighted by molar-refractivity contribution is 5.89. The number of ether oxygens (including phenoxy) is 1. The van der Waals surface area contributed by atoms with Gasteiger partial charge >= 0.3 is 12.1 Å². The van der Waals surface area contributed by atoms with E-state index < -0.39 is 36.7 Å². The van der Waals surface area contributed by atoms with Gasteiger partial charge in [0, 0.05) is 0 Å². The minimum atomic E-state index is -1.31. The lowest BCUT2D eigenvalue weighted by molar-refractivity contribution is -0.142. The molecule has 2 atom stereocenters. The molecule has 0 aliphatic carbocycles. The van der Waals surface area contributed by atoms with Crippen LogP contribution in [0.15, 0.2) is 43.0 Å². The van der Waals surface area contributed by atoms with E-state index in [4.69, 9.17) is 9.84 Å². The molecule has 1 aromatic carbocycles. The van der Waals surface area contributed by atoms with Crippen molar-refractivity contribution in [2.24, 2.45) is 0 Å². The number of hydrogen-bond donors (Lipinski definition) is 4. The monoisotopic (exact) mass is 350 g/mol. The summed E-state index contributed by atoms with van der Waals surface area (Å²) < 4.78 is 4.96. The molecule has 1 rings (SSSR count). The molecule has 0 unspecified atom stereocenters. The number of aliphatic hydroxyl groups excluding tert-OH is 1. The van der Waals surface area contributed by atoms with Crippen LogP contribution in [0, 0.1) is 0 Å². The molecule has 2 amide bonds. The van der Waals surface area contributed by atoms with Crippen LogP contribution in [0.25, 0.3) is 0 Å². The second-order valence-electron chi connectivity index (χ2n) is 5.21. The molecule has 1 aromatic rings. The molecule has 0 saturated heterocycles. The second kappa shape index (κ2) is 10.8. The summed E-state index contributed by atoms with van der Waals surface area (Å²) >= 11 is 0. The largest absolute Gasteiger partial charge is 0.480 e. The molecule has 0 heterocycles. The topological polar surface area (TPSA) is 125 Å². The van der Waals surface area contributed by atoms with Crippen molar-refractivity contribution in [1.29, 1.82) is 0 Å². The van der Waals surface area contributed by atoms with Crippen LogP contribution in [0.5, 0.6) is 0 Å². The Hall–Kier alpha value is -2.87. The van der Waals surface area contributed by atoms with Crippen LogP contribution in [0.4, 0.5) is 4.79 Å². The van der Waals surface area contributed by atoms with Gasteiger partial charge in [0.25, 0.3) is 0 Å². The summed E-state index contributed by atoms with van der Waals surface area (Å²) in [6.07, 6.45) is 1.19. The fourth-order valence-corrected chi connectivity index (χ4v) is 1.92. The van der Waals surface area contributed by atoms with Gasteiger partial charge in [0.2, 0.25) is 5.91 Å². The Kier molecular flexibility index (Phi) is 8.73. The maximum atomic E-state index is 12.0. The summed E-state index contributed by atoms with van der Waals surface area (Å²) in [5.41, 5.74) is 0.762. The van der Waals surface area contributed by atoms with Crippen LogP contribution in [0.1, 0.15) is 18.4 Å². The fourth-order valence-electron chi connectivity index (χ4n) is 1.92. The lowest BCUT2D eigenvalue weighted by Gasteiger charge is -2.19. The van der Waals surface area contributed by atoms with Gasteiger partial charge in [-0.05, 0) is 18.4 Å². The Morgan fingerprint density at radius 1 is 1.16 bits per heavy atom. The van der Waals surface area contributed by atoms with E-state index in [1.54, 1.807) is 24.3 Å². The molecule has 136 valence electrons. The smallest absolute Gasteiger partial charge is 0.408 e. The van der Waals surface area contributed by atoms with Crippen molar-refractivity contribution in [3.8, 4) is 0 Å². The Morgan fingerprint density at radius 2 is 1.84 bits per heavy atom. The normalized spacial score (nSPS) is 12.5.